The number of fused-ring (bicyclic) bond motifs is 1. The molecule has 2 aromatic rings. The summed E-state index contributed by atoms with van der Waals surface area (Å²) in [6.45, 7) is 14.0. The van der Waals surface area contributed by atoms with Gasteiger partial charge in [-0.25, -0.2) is 18.2 Å². The molecule has 3 N–H and O–H groups in total. The molecule has 0 radical (unpaired) electrons. The predicted molar refractivity (Wildman–Crippen MR) is 190 cm³/mol. The number of halogens is 1. The van der Waals surface area contributed by atoms with Gasteiger partial charge in [0, 0.05) is 17.7 Å². The van der Waals surface area contributed by atoms with Crippen LogP contribution in [0.3, 0.4) is 0 Å². The van der Waals surface area contributed by atoms with Gasteiger partial charge in [-0.2, -0.15) is 0 Å². The highest BCUT2D eigenvalue weighted by Gasteiger charge is 2.62. The lowest BCUT2D eigenvalue weighted by Crippen LogP contribution is -2.60. The first kappa shape index (κ1) is 38.1. The van der Waals surface area contributed by atoms with Gasteiger partial charge < -0.3 is 29.7 Å². The summed E-state index contributed by atoms with van der Waals surface area (Å²) in [4.78, 5) is 60.7. The molecule has 1 saturated heterocycles. The van der Waals surface area contributed by atoms with Crippen molar-refractivity contribution in [3.63, 3.8) is 0 Å². The lowest BCUT2D eigenvalue weighted by Gasteiger charge is -2.36. The number of amides is 4. The Hall–Kier alpha value is -4.11. The minimum absolute atomic E-state index is 0.0243. The Kier molecular flexibility index (Phi) is 10.3. The molecule has 3 fully saturated rings. The summed E-state index contributed by atoms with van der Waals surface area (Å²) in [5, 5.41) is 6.25. The van der Waals surface area contributed by atoms with Gasteiger partial charge in [0.2, 0.25) is 27.7 Å². The topological polar surface area (TPSA) is 182 Å². The van der Waals surface area contributed by atoms with Gasteiger partial charge in [0.15, 0.2) is 0 Å². The van der Waals surface area contributed by atoms with Crippen LogP contribution in [0.1, 0.15) is 67.2 Å². The van der Waals surface area contributed by atoms with Crippen LogP contribution in [0.25, 0.3) is 10.8 Å². The zero-order valence-corrected chi connectivity index (χ0v) is 31.4. The van der Waals surface area contributed by atoms with E-state index < -0.39 is 79.7 Å². The van der Waals surface area contributed by atoms with E-state index in [0.29, 0.717) is 29.4 Å². The average Bonchev–Trinajstić information content (AvgIpc) is 3.94. The number of methoxy groups -OCH3 is 1. The van der Waals surface area contributed by atoms with Crippen molar-refractivity contribution < 1.29 is 41.8 Å². The number of sulfonamides is 1. The van der Waals surface area contributed by atoms with Crippen LogP contribution in [0.2, 0.25) is 5.15 Å². The van der Waals surface area contributed by atoms with Gasteiger partial charge in [-0.1, -0.05) is 38.4 Å². The molecule has 0 bridgehead atoms. The van der Waals surface area contributed by atoms with Crippen LogP contribution in [-0.2, 0) is 29.1 Å². The Morgan fingerprint density at radius 1 is 1.12 bits per heavy atom. The largest absolute Gasteiger partial charge is 0.497 e. The molecule has 4 amide bonds. The average molecular weight is 748 g/mol. The molecule has 5 atom stereocenters. The second kappa shape index (κ2) is 13.8. The van der Waals surface area contributed by atoms with Crippen LogP contribution in [0.5, 0.6) is 11.6 Å². The SMILES string of the molecule is C=C[C@@H]1C[C@]1(NC(=O)[C@@H]1C[C@@H](Oc2nc(Cl)cc3cc(OC)ccc23)CN1C(=O)[C@@H](NC(=O)OC(C)(C)C)C(C)(C)C)C(=O)NS(=O)(=O)C1CC1. The van der Waals surface area contributed by atoms with E-state index in [9.17, 15) is 27.6 Å². The maximum absolute atomic E-state index is 14.4. The molecule has 14 nitrogen and oxygen atoms in total. The standard InChI is InChI=1S/C35H46ClN5O9S/c1-9-20-17-35(20,31(44)40-51(46,47)23-11-12-23)39-28(42)25-16-22(49-29-24-13-10-21(48-8)14-19(24)15-26(36)37-29)18-41(25)30(43)27(33(2,3)4)38-32(45)50-34(5,6)7/h9-10,13-15,20,22-23,25,27H,1,11-12,16-18H2,2-8H3,(H,38,45)(H,39,42)(H,40,44)/t20-,22-,25+,27-,35-/m1/s1. The number of hydrogen-bond acceptors (Lipinski definition) is 10. The zero-order valence-electron chi connectivity index (χ0n) is 29.9. The van der Waals surface area contributed by atoms with Crippen molar-refractivity contribution >= 4 is 56.2 Å². The molecular formula is C35H46ClN5O9S. The maximum Gasteiger partial charge on any atom is 0.408 e. The van der Waals surface area contributed by atoms with Crippen molar-refractivity contribution in [1.29, 1.82) is 0 Å². The van der Waals surface area contributed by atoms with Gasteiger partial charge in [-0.3, -0.25) is 19.1 Å². The molecule has 278 valence electrons. The highest BCUT2D eigenvalue weighted by molar-refractivity contribution is 7.91. The summed E-state index contributed by atoms with van der Waals surface area (Å²) >= 11 is 6.35. The number of nitrogens with zero attached hydrogens (tertiary/aromatic N) is 2. The first-order chi connectivity index (χ1) is 23.7. The molecule has 5 rings (SSSR count). The lowest BCUT2D eigenvalue weighted by molar-refractivity contribution is -0.143. The van der Waals surface area contributed by atoms with Gasteiger partial charge in [0.25, 0.3) is 5.91 Å². The van der Waals surface area contributed by atoms with Gasteiger partial charge in [0.05, 0.1) is 18.9 Å². The van der Waals surface area contributed by atoms with Crippen LogP contribution in [0.4, 0.5) is 4.79 Å². The van der Waals surface area contributed by atoms with Crippen molar-refractivity contribution in [2.45, 2.75) is 102 Å². The molecule has 3 aliphatic rings. The summed E-state index contributed by atoms with van der Waals surface area (Å²) in [5.41, 5.74) is -3.24. The van der Waals surface area contributed by atoms with E-state index in [0.717, 1.165) is 0 Å². The number of hydrogen-bond donors (Lipinski definition) is 3. The molecule has 1 aromatic heterocycles. The summed E-state index contributed by atoms with van der Waals surface area (Å²) in [6.07, 6.45) is 0.892. The molecule has 0 spiro atoms. The highest BCUT2D eigenvalue weighted by Crippen LogP contribution is 2.45. The van der Waals surface area contributed by atoms with Crippen LogP contribution >= 0.6 is 11.6 Å². The number of nitrogens with one attached hydrogen (secondary N) is 3. The Morgan fingerprint density at radius 3 is 2.37 bits per heavy atom. The molecule has 2 aliphatic carbocycles. The van der Waals surface area contributed by atoms with Gasteiger partial charge in [0.1, 0.15) is 40.2 Å². The quantitative estimate of drug-likeness (QED) is 0.226. The summed E-state index contributed by atoms with van der Waals surface area (Å²) < 4.78 is 44.6. The smallest absolute Gasteiger partial charge is 0.408 e. The number of benzene rings is 1. The number of pyridine rings is 1. The second-order valence-electron chi connectivity index (χ2n) is 15.4. The van der Waals surface area contributed by atoms with Crippen molar-refractivity contribution in [3.8, 4) is 11.6 Å². The molecule has 16 heteroatoms. The molecule has 0 unspecified atom stereocenters. The van der Waals surface area contributed by atoms with E-state index in [4.69, 9.17) is 25.8 Å². The van der Waals surface area contributed by atoms with Gasteiger partial charge in [-0.05, 0) is 75.1 Å². The molecule has 1 aromatic carbocycles. The molecule has 1 aliphatic heterocycles. The molecule has 2 heterocycles. The van der Waals surface area contributed by atoms with Crippen molar-refractivity contribution in [2.24, 2.45) is 11.3 Å². The van der Waals surface area contributed by atoms with Crippen LogP contribution in [-0.4, -0.2) is 90.3 Å². The monoisotopic (exact) mass is 747 g/mol. The normalized spacial score (nSPS) is 23.9. The predicted octanol–water partition coefficient (Wildman–Crippen LogP) is 3.85. The number of carbonyl (C=O) groups excluding carboxylic acids is 4. The third-order valence-electron chi connectivity index (χ3n) is 9.12. The first-order valence-corrected chi connectivity index (χ1v) is 18.7. The van der Waals surface area contributed by atoms with Gasteiger partial charge >= 0.3 is 6.09 Å². The zero-order chi connectivity index (χ0) is 37.7. The van der Waals surface area contributed by atoms with E-state index in [2.05, 4.69) is 26.9 Å². The van der Waals surface area contributed by atoms with E-state index >= 15 is 0 Å². The summed E-state index contributed by atoms with van der Waals surface area (Å²) in [5.74, 6) is -1.91. The Balaban J connectivity index is 1.46. The number of aromatic nitrogens is 1. The summed E-state index contributed by atoms with van der Waals surface area (Å²) in [6, 6.07) is 4.60. The Bertz CT molecular complexity index is 1850. The molecule has 51 heavy (non-hydrogen) atoms. The van der Waals surface area contributed by atoms with E-state index in [1.807, 2.05) is 0 Å². The van der Waals surface area contributed by atoms with Crippen molar-refractivity contribution in [2.75, 3.05) is 13.7 Å². The number of ether oxygens (including phenoxy) is 3. The third-order valence-corrected chi connectivity index (χ3v) is 11.1. The highest BCUT2D eigenvalue weighted by atomic mass is 35.5. The van der Waals surface area contributed by atoms with Crippen molar-refractivity contribution in [3.05, 3.63) is 42.1 Å². The van der Waals surface area contributed by atoms with E-state index in [-0.39, 0.29) is 30.4 Å². The molecule has 2 saturated carbocycles. The van der Waals surface area contributed by atoms with E-state index in [1.165, 1.54) is 18.1 Å². The Morgan fingerprint density at radius 2 is 1.80 bits per heavy atom. The van der Waals surface area contributed by atoms with E-state index in [1.54, 1.807) is 65.8 Å². The number of rotatable bonds is 11. The van der Waals surface area contributed by atoms with Crippen LogP contribution in [0.15, 0.2) is 36.9 Å². The number of carbonyl (C=O) groups is 4. The fraction of sp³-hybridized carbons (Fsp3) is 0.571. The fourth-order valence-electron chi connectivity index (χ4n) is 6.18. The molecular weight excluding hydrogens is 702 g/mol. The Labute approximate surface area is 303 Å². The first-order valence-electron chi connectivity index (χ1n) is 16.8. The maximum atomic E-state index is 14.4. The van der Waals surface area contributed by atoms with Gasteiger partial charge in [-0.15, -0.1) is 6.58 Å². The van der Waals surface area contributed by atoms with Crippen LogP contribution in [0, 0.1) is 11.3 Å². The summed E-state index contributed by atoms with van der Waals surface area (Å²) in [7, 11) is -2.37. The van der Waals surface area contributed by atoms with Crippen LogP contribution < -0.4 is 24.8 Å². The third kappa shape index (κ3) is 8.52. The number of likely N-dealkylation sites (tertiary alicyclic amines) is 1. The lowest BCUT2D eigenvalue weighted by atomic mass is 9.85. The number of alkyl carbamates (subject to hydrolysis) is 1. The minimum Gasteiger partial charge on any atom is -0.497 e. The van der Waals surface area contributed by atoms with Crippen molar-refractivity contribution in [1.82, 2.24) is 25.2 Å². The minimum atomic E-state index is -3.91. The fourth-order valence-corrected chi connectivity index (χ4v) is 7.74. The second-order valence-corrected chi connectivity index (χ2v) is 17.8.